The van der Waals surface area contributed by atoms with Gasteiger partial charge in [0.15, 0.2) is 11.5 Å². The number of nitrogens with one attached hydrogen (secondary N) is 1. The molecule has 0 saturated carbocycles. The summed E-state index contributed by atoms with van der Waals surface area (Å²) in [5.74, 6) is 0.696. The monoisotopic (exact) mass is 471 g/mol. The lowest BCUT2D eigenvalue weighted by Crippen LogP contribution is -2.43. The minimum atomic E-state index is -0.284. The molecular formula is C24H26FN3O4S. The van der Waals surface area contributed by atoms with Gasteiger partial charge in [0.1, 0.15) is 16.5 Å². The zero-order valence-corrected chi connectivity index (χ0v) is 19.4. The Morgan fingerprint density at radius 2 is 1.88 bits per heavy atom. The largest absolute Gasteiger partial charge is 0.493 e. The van der Waals surface area contributed by atoms with E-state index < -0.39 is 0 Å². The fraction of sp³-hybridized carbons (Fsp3) is 0.333. The third-order valence-electron chi connectivity index (χ3n) is 5.56. The highest BCUT2D eigenvalue weighted by molar-refractivity contribution is 7.13. The number of hydrogen-bond donors (Lipinski definition) is 1. The van der Waals surface area contributed by atoms with Gasteiger partial charge in [-0.25, -0.2) is 9.37 Å². The van der Waals surface area contributed by atoms with E-state index in [-0.39, 0.29) is 17.8 Å². The number of carbonyl (C=O) groups is 1. The third kappa shape index (κ3) is 5.50. The Morgan fingerprint density at radius 1 is 1.15 bits per heavy atom. The minimum Gasteiger partial charge on any atom is -0.493 e. The number of hydrogen-bond acceptors (Lipinski definition) is 7. The van der Waals surface area contributed by atoms with E-state index >= 15 is 0 Å². The van der Waals surface area contributed by atoms with Crippen molar-refractivity contribution in [3.63, 3.8) is 0 Å². The van der Waals surface area contributed by atoms with Crippen LogP contribution in [0.3, 0.4) is 0 Å². The summed E-state index contributed by atoms with van der Waals surface area (Å²) in [6.07, 6.45) is 0. The molecule has 4 rings (SSSR count). The molecule has 1 amide bonds. The molecule has 2 aromatic carbocycles. The number of nitrogens with zero attached hydrogens (tertiary/aromatic N) is 2. The molecule has 7 nitrogen and oxygen atoms in total. The SMILES string of the molecule is COc1ccc(-c2nc(C(=O)NCC(c3ccc(F)cc3)N3CCOCC3)cs2)cc1OC. The molecule has 1 saturated heterocycles. The quantitative estimate of drug-likeness (QED) is 0.539. The molecule has 0 radical (unpaired) electrons. The molecule has 1 aliphatic heterocycles. The van der Waals surface area contributed by atoms with Gasteiger partial charge in [-0.3, -0.25) is 9.69 Å². The van der Waals surface area contributed by atoms with E-state index in [1.54, 1.807) is 31.7 Å². The van der Waals surface area contributed by atoms with Crippen molar-refractivity contribution >= 4 is 17.2 Å². The van der Waals surface area contributed by atoms with E-state index in [4.69, 9.17) is 14.2 Å². The van der Waals surface area contributed by atoms with Crippen LogP contribution >= 0.6 is 11.3 Å². The molecule has 1 unspecified atom stereocenters. The van der Waals surface area contributed by atoms with Gasteiger partial charge in [0.05, 0.1) is 33.5 Å². The Labute approximate surface area is 196 Å². The number of amides is 1. The standard InChI is InChI=1S/C24H26FN3O4S/c1-30-21-8-5-17(13-22(21)31-2)24-27-19(15-33-24)23(29)26-14-20(28-9-11-32-12-10-28)16-3-6-18(25)7-4-16/h3-8,13,15,20H,9-12,14H2,1-2H3,(H,26,29). The average molecular weight is 472 g/mol. The number of morpholine rings is 1. The predicted molar refractivity (Wildman–Crippen MR) is 125 cm³/mol. The van der Waals surface area contributed by atoms with E-state index in [2.05, 4.69) is 15.2 Å². The minimum absolute atomic E-state index is 0.0811. The number of benzene rings is 2. The van der Waals surface area contributed by atoms with Crippen molar-refractivity contribution in [3.8, 4) is 22.1 Å². The van der Waals surface area contributed by atoms with Gasteiger partial charge < -0.3 is 19.5 Å². The Kier molecular flexibility index (Phi) is 7.54. The van der Waals surface area contributed by atoms with Gasteiger partial charge in [0.2, 0.25) is 0 Å². The van der Waals surface area contributed by atoms with Crippen molar-refractivity contribution < 1.29 is 23.4 Å². The van der Waals surface area contributed by atoms with Crippen molar-refractivity contribution in [3.05, 3.63) is 64.9 Å². The molecule has 0 bridgehead atoms. The zero-order valence-electron chi connectivity index (χ0n) is 18.5. The number of rotatable bonds is 8. The maximum atomic E-state index is 13.4. The molecule has 174 valence electrons. The normalized spacial score (nSPS) is 15.1. The summed E-state index contributed by atoms with van der Waals surface area (Å²) in [6.45, 7) is 3.14. The lowest BCUT2D eigenvalue weighted by atomic mass is 10.0. The van der Waals surface area contributed by atoms with Crippen LogP contribution in [0, 0.1) is 5.82 Å². The van der Waals surface area contributed by atoms with Crippen LogP contribution in [0.25, 0.3) is 10.6 Å². The van der Waals surface area contributed by atoms with Gasteiger partial charge in [0, 0.05) is 30.6 Å². The Balaban J connectivity index is 1.47. The van der Waals surface area contributed by atoms with Gasteiger partial charge in [-0.1, -0.05) is 12.1 Å². The molecular weight excluding hydrogens is 445 g/mol. The van der Waals surface area contributed by atoms with Crippen molar-refractivity contribution in [1.82, 2.24) is 15.2 Å². The summed E-state index contributed by atoms with van der Waals surface area (Å²) >= 11 is 1.39. The number of ether oxygens (including phenoxy) is 3. The molecule has 33 heavy (non-hydrogen) atoms. The number of methoxy groups -OCH3 is 2. The number of thiazole rings is 1. The van der Waals surface area contributed by atoms with E-state index in [1.807, 2.05) is 18.2 Å². The van der Waals surface area contributed by atoms with E-state index in [1.165, 1.54) is 23.5 Å². The fourth-order valence-corrected chi connectivity index (χ4v) is 4.59. The molecule has 0 aliphatic carbocycles. The Bertz CT molecular complexity index is 1080. The molecule has 3 aromatic rings. The molecule has 1 atom stereocenters. The lowest BCUT2D eigenvalue weighted by Gasteiger charge is -2.34. The van der Waals surface area contributed by atoms with Crippen LogP contribution in [0.4, 0.5) is 4.39 Å². The molecule has 1 aromatic heterocycles. The first-order chi connectivity index (χ1) is 16.1. The van der Waals surface area contributed by atoms with Crippen LogP contribution < -0.4 is 14.8 Å². The third-order valence-corrected chi connectivity index (χ3v) is 6.46. The second-order valence-corrected chi connectivity index (χ2v) is 8.39. The van der Waals surface area contributed by atoms with Gasteiger partial charge in [-0.05, 0) is 35.9 Å². The Morgan fingerprint density at radius 3 is 2.58 bits per heavy atom. The summed E-state index contributed by atoms with van der Waals surface area (Å²) in [7, 11) is 3.16. The van der Waals surface area contributed by atoms with Crippen molar-refractivity contribution in [2.45, 2.75) is 6.04 Å². The number of halogens is 1. The molecule has 2 heterocycles. The van der Waals surface area contributed by atoms with Crippen molar-refractivity contribution in [2.24, 2.45) is 0 Å². The summed E-state index contributed by atoms with van der Waals surface area (Å²) in [6, 6.07) is 11.9. The van der Waals surface area contributed by atoms with Crippen molar-refractivity contribution in [1.29, 1.82) is 0 Å². The maximum Gasteiger partial charge on any atom is 0.270 e. The fourth-order valence-electron chi connectivity index (χ4n) is 3.79. The summed E-state index contributed by atoms with van der Waals surface area (Å²) in [5, 5.41) is 5.45. The predicted octanol–water partition coefficient (Wildman–Crippen LogP) is 3.77. The molecule has 1 aliphatic rings. The van der Waals surface area contributed by atoms with Crippen LogP contribution in [0.1, 0.15) is 22.1 Å². The first-order valence-corrected chi connectivity index (χ1v) is 11.5. The summed E-state index contributed by atoms with van der Waals surface area (Å²) in [5.41, 5.74) is 2.14. The van der Waals surface area contributed by atoms with Gasteiger partial charge in [-0.15, -0.1) is 11.3 Å². The van der Waals surface area contributed by atoms with Gasteiger partial charge in [0.25, 0.3) is 5.91 Å². The lowest BCUT2D eigenvalue weighted by molar-refractivity contribution is 0.0162. The topological polar surface area (TPSA) is 72.9 Å². The van der Waals surface area contributed by atoms with Crippen LogP contribution in [0.5, 0.6) is 11.5 Å². The average Bonchev–Trinajstić information content (AvgIpc) is 3.36. The zero-order chi connectivity index (χ0) is 23.2. The van der Waals surface area contributed by atoms with E-state index in [0.29, 0.717) is 42.0 Å². The first-order valence-electron chi connectivity index (χ1n) is 10.6. The molecule has 1 fully saturated rings. The highest BCUT2D eigenvalue weighted by Crippen LogP contribution is 2.33. The highest BCUT2D eigenvalue weighted by Gasteiger charge is 2.24. The second-order valence-electron chi connectivity index (χ2n) is 7.53. The summed E-state index contributed by atoms with van der Waals surface area (Å²) in [4.78, 5) is 19.6. The molecule has 9 heteroatoms. The smallest absolute Gasteiger partial charge is 0.270 e. The number of aromatic nitrogens is 1. The summed E-state index contributed by atoms with van der Waals surface area (Å²) < 4.78 is 29.5. The van der Waals surface area contributed by atoms with Crippen LogP contribution in [0.2, 0.25) is 0 Å². The van der Waals surface area contributed by atoms with Crippen LogP contribution in [-0.2, 0) is 4.74 Å². The molecule has 1 N–H and O–H groups in total. The van der Waals surface area contributed by atoms with Crippen LogP contribution in [0.15, 0.2) is 47.8 Å². The van der Waals surface area contributed by atoms with Crippen LogP contribution in [-0.4, -0.2) is 62.9 Å². The number of carbonyl (C=O) groups excluding carboxylic acids is 1. The maximum absolute atomic E-state index is 13.4. The highest BCUT2D eigenvalue weighted by atomic mass is 32.1. The van der Waals surface area contributed by atoms with E-state index in [0.717, 1.165) is 24.2 Å². The Hall–Kier alpha value is -3.01. The molecule has 0 spiro atoms. The van der Waals surface area contributed by atoms with Gasteiger partial charge in [-0.2, -0.15) is 0 Å². The van der Waals surface area contributed by atoms with E-state index in [9.17, 15) is 9.18 Å². The second kappa shape index (κ2) is 10.7. The first kappa shape index (κ1) is 23.2. The van der Waals surface area contributed by atoms with Crippen molar-refractivity contribution in [2.75, 3.05) is 47.1 Å². The van der Waals surface area contributed by atoms with Gasteiger partial charge >= 0.3 is 0 Å².